The number of carbonyl (C=O) groups is 5. The van der Waals surface area contributed by atoms with Crippen molar-refractivity contribution in [2.45, 2.75) is 228 Å². The predicted octanol–water partition coefficient (Wildman–Crippen LogP) is 17.6. The Balaban J connectivity index is 0.000000244. The van der Waals surface area contributed by atoms with Gasteiger partial charge in [0, 0.05) is 93.3 Å². The third-order valence-corrected chi connectivity index (χ3v) is 20.5. The second-order valence-electron chi connectivity index (χ2n) is 31.6. The van der Waals surface area contributed by atoms with Crippen molar-refractivity contribution < 1.29 is 43.7 Å². The molecule has 3 unspecified atom stereocenters. The topological polar surface area (TPSA) is 255 Å². The number of ether oxygens (including phenoxy) is 2. The fraction of sp³-hybridized carbons (Fsp3) is 0.444. The predicted molar refractivity (Wildman–Crippen MR) is 443 cm³/mol. The first-order valence-corrected chi connectivity index (χ1v) is 38.0. The minimum Gasteiger partial charge on any atom is -0.478 e. The average molecular weight is 1510 g/mol. The fourth-order valence-corrected chi connectivity index (χ4v) is 15.0. The van der Waals surface area contributed by atoms with Gasteiger partial charge in [-0.3, -0.25) is 24.9 Å². The molecular weight excluding hydrogens is 1390 g/mol. The molecular formula is C90H121BN11O9. The number of amides is 4. The van der Waals surface area contributed by atoms with Crippen LogP contribution in [0.5, 0.6) is 0 Å². The summed E-state index contributed by atoms with van der Waals surface area (Å²) in [5, 5.41) is 44.0. The summed E-state index contributed by atoms with van der Waals surface area (Å²) < 4.78 is 11.6. The van der Waals surface area contributed by atoms with Gasteiger partial charge in [-0.25, -0.2) is 14.4 Å². The van der Waals surface area contributed by atoms with Crippen molar-refractivity contribution in [1.82, 2.24) is 55.5 Å². The zero-order valence-electron chi connectivity index (χ0n) is 66.2. The van der Waals surface area contributed by atoms with Gasteiger partial charge in [0.15, 0.2) is 0 Å². The Labute approximate surface area is 661 Å². The summed E-state index contributed by atoms with van der Waals surface area (Å²) in [5.41, 5.74) is 13.1. The van der Waals surface area contributed by atoms with Crippen LogP contribution < -0.4 is 5.32 Å². The monoisotopic (exact) mass is 1510 g/mol. The van der Waals surface area contributed by atoms with Gasteiger partial charge >= 0.3 is 18.2 Å². The molecule has 593 valence electrons. The molecule has 111 heavy (non-hydrogen) atoms. The number of aromatic amines is 3. The second-order valence-corrected chi connectivity index (χ2v) is 31.6. The first-order chi connectivity index (χ1) is 51.5. The Bertz CT molecular complexity index is 4310. The highest BCUT2D eigenvalue weighted by atomic mass is 16.6. The molecule has 6 aromatic carbocycles. The average Bonchev–Trinajstić information content (AvgIpc) is 1.67. The van der Waals surface area contributed by atoms with Gasteiger partial charge in [0.2, 0.25) is 0 Å². The number of aliphatic hydroxyl groups is 1. The van der Waals surface area contributed by atoms with Gasteiger partial charge in [-0.05, 0) is 233 Å². The van der Waals surface area contributed by atoms with E-state index in [1.165, 1.54) is 16.7 Å². The minimum absolute atomic E-state index is 0. The number of nitrogens with one attached hydrogen (secondary N) is 4. The molecule has 5 heterocycles. The van der Waals surface area contributed by atoms with Crippen LogP contribution in [0.3, 0.4) is 0 Å². The lowest BCUT2D eigenvalue weighted by Crippen LogP contribution is -2.46. The van der Waals surface area contributed by atoms with E-state index in [1.54, 1.807) is 36.0 Å². The number of likely N-dealkylation sites (tertiary alicyclic amines) is 2. The Hall–Kier alpha value is -10.1. The third kappa shape index (κ3) is 26.3. The van der Waals surface area contributed by atoms with Crippen LogP contribution in [0, 0.1) is 32.6 Å². The highest BCUT2D eigenvalue weighted by Crippen LogP contribution is 2.42. The zero-order chi connectivity index (χ0) is 77.8. The standard InChI is InChI=1S/C31H40N4O3.C26H31N3O2.C25H31NO4.C6H11N3.2CH4.B/c1-21-18-26(33-32-21)20-34(6)29(36)25-14-12-23(13-15-25)19-27-16-17-28(22(2)24-10-8-7-9-11-24)35(27)30(37)38-31(3,4)5;1-18-14-24(28-27-18)17-29(2)26(31)22-11-8-19(9-12-22)15-20-10-13-23(16-20)25(30)21-6-4-3-5-7-21;1-17(19-8-6-5-7-9-19)22-15-14-21(26(22)24(29)30-25(2,3)4)16-18-10-12-20(13-11-18)23(27)28;1-5-3-6(4-7-2)9-8-5;;;/h7-15,18,22,27-28H,16-17,19-20H2,1-6H3,(H,32,33);3-9,11-12,14,20,23,25,30H,10,13,15-17H2,1-2H3,(H,27,28);5-13,17,21-22H,14-16H2,1-4H3,(H,27,28);3,7H,4H2,1-2H3,(H,8,9);2*1H4;/t22-,27?,28-;20?,23-,25+;17-,21?,22-;;;;/m101..../s1. The number of H-pyrrole nitrogens is 3. The van der Waals surface area contributed by atoms with Gasteiger partial charge < -0.3 is 44.6 Å². The van der Waals surface area contributed by atoms with E-state index in [0.717, 1.165) is 109 Å². The quantitative estimate of drug-likeness (QED) is 0.0367. The van der Waals surface area contributed by atoms with E-state index in [0.29, 0.717) is 48.9 Å². The van der Waals surface area contributed by atoms with Crippen LogP contribution in [0.4, 0.5) is 9.59 Å². The lowest BCUT2D eigenvalue weighted by atomic mass is 9.91. The number of hydrogen-bond acceptors (Lipinski definition) is 12. The van der Waals surface area contributed by atoms with Crippen LogP contribution in [-0.4, -0.2) is 155 Å². The van der Waals surface area contributed by atoms with Crippen molar-refractivity contribution in [2.24, 2.45) is 11.8 Å². The third-order valence-electron chi connectivity index (χ3n) is 20.5. The lowest BCUT2D eigenvalue weighted by molar-refractivity contribution is 0.0116. The Morgan fingerprint density at radius 1 is 0.505 bits per heavy atom. The summed E-state index contributed by atoms with van der Waals surface area (Å²) in [5.74, 6) is 0.308. The van der Waals surface area contributed by atoms with Crippen LogP contribution in [0.25, 0.3) is 0 Å². The summed E-state index contributed by atoms with van der Waals surface area (Å²) in [7, 11) is 5.49. The van der Waals surface area contributed by atoms with Gasteiger partial charge in [0.25, 0.3) is 11.8 Å². The van der Waals surface area contributed by atoms with Gasteiger partial charge in [-0.15, -0.1) is 0 Å². The Morgan fingerprint density at radius 3 is 1.20 bits per heavy atom. The van der Waals surface area contributed by atoms with Crippen LogP contribution in [-0.2, 0) is 48.4 Å². The van der Waals surface area contributed by atoms with E-state index in [4.69, 9.17) is 14.6 Å². The second kappa shape index (κ2) is 41.8. The van der Waals surface area contributed by atoms with E-state index in [1.807, 2.05) is 213 Å². The molecule has 2 saturated heterocycles. The molecule has 20 nitrogen and oxygen atoms in total. The minimum atomic E-state index is -0.936. The number of benzene rings is 6. The molecule has 12 rings (SSSR count). The molecule has 21 heteroatoms. The first kappa shape index (κ1) is 89.8. The summed E-state index contributed by atoms with van der Waals surface area (Å²) >= 11 is 0. The van der Waals surface area contributed by atoms with Crippen molar-refractivity contribution in [2.75, 3.05) is 21.1 Å². The number of carbonyl (C=O) groups excluding carboxylic acids is 4. The van der Waals surface area contributed by atoms with Crippen molar-refractivity contribution in [3.63, 3.8) is 0 Å². The van der Waals surface area contributed by atoms with Crippen molar-refractivity contribution in [3.8, 4) is 0 Å². The summed E-state index contributed by atoms with van der Waals surface area (Å²) in [6.07, 6.45) is 8.37. The molecule has 2 aliphatic heterocycles. The molecule has 1 saturated carbocycles. The van der Waals surface area contributed by atoms with Crippen LogP contribution in [0.1, 0.15) is 232 Å². The highest BCUT2D eigenvalue weighted by Gasteiger charge is 2.44. The summed E-state index contributed by atoms with van der Waals surface area (Å²) in [6.45, 7) is 23.4. The molecule has 9 atom stereocenters. The number of carboxylic acid groups (broad SMARTS) is 1. The maximum atomic E-state index is 13.4. The van der Waals surface area contributed by atoms with E-state index in [2.05, 4.69) is 86.2 Å². The molecule has 0 bridgehead atoms. The number of hydrogen-bond donors (Lipinski definition) is 6. The normalized spacial score (nSPS) is 17.9. The summed E-state index contributed by atoms with van der Waals surface area (Å²) in [4.78, 5) is 70.7. The number of carboxylic acids is 1. The summed E-state index contributed by atoms with van der Waals surface area (Å²) in [6, 6.07) is 59.4. The molecule has 9 aromatic rings. The number of aromatic nitrogens is 6. The van der Waals surface area contributed by atoms with Gasteiger partial charge in [0.05, 0.1) is 41.8 Å². The maximum Gasteiger partial charge on any atom is 0.410 e. The number of aryl methyl sites for hydroxylation is 3. The zero-order valence-corrected chi connectivity index (χ0v) is 66.2. The molecule has 0 spiro atoms. The maximum absolute atomic E-state index is 13.4. The lowest BCUT2D eigenvalue weighted by Gasteiger charge is -2.35. The number of aliphatic hydroxyl groups excluding tert-OH is 1. The molecule has 3 aliphatic rings. The van der Waals surface area contributed by atoms with Gasteiger partial charge in [-0.1, -0.05) is 156 Å². The van der Waals surface area contributed by atoms with Crippen molar-refractivity contribution in [3.05, 3.63) is 266 Å². The first-order valence-electron chi connectivity index (χ1n) is 38.0. The van der Waals surface area contributed by atoms with E-state index >= 15 is 0 Å². The molecule has 4 amide bonds. The van der Waals surface area contributed by atoms with E-state index in [9.17, 15) is 29.1 Å². The smallest absolute Gasteiger partial charge is 0.410 e. The number of rotatable bonds is 21. The van der Waals surface area contributed by atoms with E-state index < -0.39 is 17.2 Å². The Morgan fingerprint density at radius 2 is 0.856 bits per heavy atom. The van der Waals surface area contributed by atoms with Crippen molar-refractivity contribution in [1.29, 1.82) is 0 Å². The molecule has 3 fully saturated rings. The highest BCUT2D eigenvalue weighted by molar-refractivity contribution is 5.94. The SMILES string of the molecule is C.C.CNCc1cc(C)[nH]n1.C[C@H](c1ccccc1)[C@H]1CCC(Cc2ccc(C(=O)O)cc2)N1C(=O)OC(C)(C)C.Cc1cc(CN(C)C(=O)c2ccc(CC3CC[C@H]([C@H](C)c4ccccc4)N3C(=O)OC(C)(C)C)cc2)n[nH]1.Cc1cc(CN(C)C(=O)c2ccc(CC3CC[C@H]([C@H](O)c4ccccc4)C3)cc2)n[nH]1.[B]. The van der Waals surface area contributed by atoms with Crippen LogP contribution in [0.2, 0.25) is 0 Å². The van der Waals surface area contributed by atoms with Crippen molar-refractivity contribution >= 4 is 38.4 Å². The van der Waals surface area contributed by atoms with Crippen LogP contribution >= 0.6 is 0 Å². The number of nitrogens with zero attached hydrogens (tertiary/aromatic N) is 7. The van der Waals surface area contributed by atoms with E-state index in [-0.39, 0.29) is 94.9 Å². The molecule has 6 N–H and O–H groups in total. The molecule has 3 aromatic heterocycles. The van der Waals surface area contributed by atoms with Gasteiger partial charge in [0.1, 0.15) is 11.2 Å². The van der Waals surface area contributed by atoms with Gasteiger partial charge in [-0.2, -0.15) is 15.3 Å². The Kier molecular flexibility index (Phi) is 33.8. The molecule has 3 radical (unpaired) electrons. The molecule has 1 aliphatic carbocycles. The fourth-order valence-electron chi connectivity index (χ4n) is 15.0. The largest absolute Gasteiger partial charge is 0.478 e. The number of aromatic carboxylic acids is 1. The van der Waals surface area contributed by atoms with Crippen LogP contribution in [0.15, 0.2) is 182 Å².